The third-order valence-electron chi connectivity index (χ3n) is 3.23. The van der Waals surface area contributed by atoms with Crippen LogP contribution < -0.4 is 0 Å². The Labute approximate surface area is 150 Å². The van der Waals surface area contributed by atoms with E-state index in [0.29, 0.717) is 0 Å². The van der Waals surface area contributed by atoms with E-state index in [2.05, 4.69) is 9.47 Å². The number of carbonyl (C=O) groups is 4. The molecule has 1 aromatic carbocycles. The molecule has 8 nitrogen and oxygen atoms in total. The lowest BCUT2D eigenvalue weighted by Crippen LogP contribution is -2.21. The van der Waals surface area contributed by atoms with Crippen LogP contribution >= 0.6 is 0 Å². The Balaban J connectivity index is 3.91. The van der Waals surface area contributed by atoms with E-state index in [1.165, 1.54) is 12.1 Å². The monoisotopic (exact) mass is 362 g/mol. The van der Waals surface area contributed by atoms with E-state index in [-0.39, 0.29) is 11.1 Å². The van der Waals surface area contributed by atoms with Crippen LogP contribution in [-0.4, -0.2) is 52.3 Å². The highest BCUT2D eigenvalue weighted by Crippen LogP contribution is 2.27. The molecule has 0 aliphatic rings. The maximum Gasteiger partial charge on any atom is 0.339 e. The summed E-state index contributed by atoms with van der Waals surface area (Å²) < 4.78 is 18.6. The molecule has 1 aromatic rings. The van der Waals surface area contributed by atoms with Crippen molar-refractivity contribution in [2.75, 3.05) is 28.4 Å². The fourth-order valence-corrected chi connectivity index (χ4v) is 2.04. The minimum absolute atomic E-state index is 0.263. The molecule has 138 valence electrons. The maximum atomic E-state index is 12.4. The first kappa shape index (κ1) is 20.6. The number of rotatable bonds is 6. The van der Waals surface area contributed by atoms with Gasteiger partial charge in [-0.15, -0.1) is 0 Å². The first-order valence-corrected chi connectivity index (χ1v) is 7.25. The zero-order chi connectivity index (χ0) is 19.7. The molecule has 0 fully saturated rings. The third-order valence-corrected chi connectivity index (χ3v) is 3.23. The first-order chi connectivity index (χ1) is 12.4. The van der Waals surface area contributed by atoms with Crippen molar-refractivity contribution in [2.24, 2.45) is 0 Å². The smallest absolute Gasteiger partial charge is 0.339 e. The van der Waals surface area contributed by atoms with Gasteiger partial charge >= 0.3 is 23.9 Å². The number of benzene rings is 1. The maximum absolute atomic E-state index is 12.4. The van der Waals surface area contributed by atoms with Gasteiger partial charge < -0.3 is 18.9 Å². The Morgan fingerprint density at radius 3 is 1.73 bits per heavy atom. The molecular weight excluding hydrogens is 344 g/mol. The van der Waals surface area contributed by atoms with E-state index in [1.807, 2.05) is 0 Å². The second kappa shape index (κ2) is 9.77. The summed E-state index contributed by atoms with van der Waals surface area (Å²) in [7, 11) is 4.33. The molecule has 0 aliphatic heterocycles. The van der Waals surface area contributed by atoms with Gasteiger partial charge in [0.2, 0.25) is 0 Å². The SMILES string of the molecule is COC(=O)/C=C(C(=O)OC)/C(C(=O)OC)=C(\C(=O)OC)c1ccccc1. The van der Waals surface area contributed by atoms with Crippen LogP contribution in [-0.2, 0) is 38.1 Å². The van der Waals surface area contributed by atoms with Gasteiger partial charge in [0.1, 0.15) is 0 Å². The van der Waals surface area contributed by atoms with Crippen LogP contribution in [0.3, 0.4) is 0 Å². The number of ether oxygens (including phenoxy) is 4. The molecule has 0 amide bonds. The van der Waals surface area contributed by atoms with Crippen molar-refractivity contribution in [1.29, 1.82) is 0 Å². The summed E-state index contributed by atoms with van der Waals surface area (Å²) in [5.74, 6) is -3.90. The van der Waals surface area contributed by atoms with E-state index in [4.69, 9.17) is 9.47 Å². The van der Waals surface area contributed by atoms with E-state index >= 15 is 0 Å². The zero-order valence-electron chi connectivity index (χ0n) is 14.7. The van der Waals surface area contributed by atoms with Crippen molar-refractivity contribution in [3.63, 3.8) is 0 Å². The lowest BCUT2D eigenvalue weighted by Gasteiger charge is -2.14. The van der Waals surface area contributed by atoms with Crippen molar-refractivity contribution in [3.8, 4) is 0 Å². The Morgan fingerprint density at radius 1 is 0.731 bits per heavy atom. The highest BCUT2D eigenvalue weighted by Gasteiger charge is 2.31. The molecule has 0 N–H and O–H groups in total. The number of methoxy groups -OCH3 is 4. The number of hydrogen-bond donors (Lipinski definition) is 0. The quantitative estimate of drug-likeness (QED) is 0.320. The minimum Gasteiger partial charge on any atom is -0.466 e. The van der Waals surface area contributed by atoms with Gasteiger partial charge in [-0.2, -0.15) is 0 Å². The predicted molar refractivity (Wildman–Crippen MR) is 89.5 cm³/mol. The molecule has 0 saturated heterocycles. The Kier molecular flexibility index (Phi) is 7.75. The Hall–Kier alpha value is -3.42. The van der Waals surface area contributed by atoms with E-state index in [9.17, 15) is 19.2 Å². The molecule has 0 heterocycles. The van der Waals surface area contributed by atoms with Crippen LogP contribution in [0.1, 0.15) is 5.56 Å². The van der Waals surface area contributed by atoms with Gasteiger partial charge in [-0.3, -0.25) is 0 Å². The molecule has 26 heavy (non-hydrogen) atoms. The zero-order valence-corrected chi connectivity index (χ0v) is 14.7. The molecule has 0 bridgehead atoms. The van der Waals surface area contributed by atoms with Gasteiger partial charge in [0.05, 0.1) is 45.2 Å². The summed E-state index contributed by atoms with van der Waals surface area (Å²) in [6.07, 6.45) is 0.740. The molecule has 0 atom stereocenters. The number of hydrogen-bond acceptors (Lipinski definition) is 8. The first-order valence-electron chi connectivity index (χ1n) is 7.25. The molecule has 0 radical (unpaired) electrons. The van der Waals surface area contributed by atoms with Crippen molar-refractivity contribution in [1.82, 2.24) is 0 Å². The highest BCUT2D eigenvalue weighted by molar-refractivity contribution is 6.27. The van der Waals surface area contributed by atoms with Gasteiger partial charge in [-0.25, -0.2) is 19.2 Å². The van der Waals surface area contributed by atoms with E-state index < -0.39 is 35.0 Å². The van der Waals surface area contributed by atoms with Gasteiger partial charge in [0.25, 0.3) is 0 Å². The Bertz CT molecular complexity index is 759. The van der Waals surface area contributed by atoms with Crippen LogP contribution in [0.4, 0.5) is 0 Å². The number of esters is 4. The fraction of sp³-hybridized carbons (Fsp3) is 0.222. The Morgan fingerprint density at radius 2 is 1.27 bits per heavy atom. The van der Waals surface area contributed by atoms with Crippen LogP contribution in [0, 0.1) is 0 Å². The highest BCUT2D eigenvalue weighted by atomic mass is 16.5. The molecule has 8 heteroatoms. The second-order valence-corrected chi connectivity index (χ2v) is 4.67. The van der Waals surface area contributed by atoms with Crippen LogP contribution in [0.15, 0.2) is 47.6 Å². The van der Waals surface area contributed by atoms with Crippen molar-refractivity contribution < 1.29 is 38.1 Å². The van der Waals surface area contributed by atoms with Crippen molar-refractivity contribution in [3.05, 3.63) is 53.1 Å². The summed E-state index contributed by atoms with van der Waals surface area (Å²) in [6, 6.07) is 8.00. The van der Waals surface area contributed by atoms with E-state index in [0.717, 1.165) is 34.5 Å². The summed E-state index contributed by atoms with van der Waals surface area (Å²) in [4.78, 5) is 48.6. The fourth-order valence-electron chi connectivity index (χ4n) is 2.04. The van der Waals surface area contributed by atoms with Crippen molar-refractivity contribution in [2.45, 2.75) is 0 Å². The standard InChI is InChI=1S/C18H18O8/c1-23-13(19)10-12(16(20)24-2)15(18(22)26-4)14(17(21)25-3)11-8-6-5-7-9-11/h5-10H,1-4H3/b12-10-,15-14+. The van der Waals surface area contributed by atoms with Crippen LogP contribution in [0.2, 0.25) is 0 Å². The molecular formula is C18H18O8. The second-order valence-electron chi connectivity index (χ2n) is 4.67. The van der Waals surface area contributed by atoms with Gasteiger partial charge in [-0.05, 0) is 5.56 Å². The molecule has 1 rings (SSSR count). The summed E-state index contributed by atoms with van der Waals surface area (Å²) in [5.41, 5.74) is -0.974. The molecule has 0 aliphatic carbocycles. The van der Waals surface area contributed by atoms with Crippen LogP contribution in [0.25, 0.3) is 5.57 Å². The molecule has 0 saturated carbocycles. The molecule has 0 spiro atoms. The molecule has 0 aromatic heterocycles. The van der Waals surface area contributed by atoms with Crippen LogP contribution in [0.5, 0.6) is 0 Å². The third kappa shape index (κ3) is 4.79. The predicted octanol–water partition coefficient (Wildman–Crippen LogP) is 1.06. The summed E-state index contributed by atoms with van der Waals surface area (Å²) in [5, 5.41) is 0. The molecule has 0 unspecified atom stereocenters. The van der Waals surface area contributed by atoms with Gasteiger partial charge in [0, 0.05) is 6.08 Å². The summed E-state index contributed by atoms with van der Waals surface area (Å²) in [6.45, 7) is 0. The normalized spacial score (nSPS) is 11.8. The largest absolute Gasteiger partial charge is 0.466 e. The topological polar surface area (TPSA) is 105 Å². The van der Waals surface area contributed by atoms with E-state index in [1.54, 1.807) is 18.2 Å². The van der Waals surface area contributed by atoms with Gasteiger partial charge in [-0.1, -0.05) is 30.3 Å². The lowest BCUT2D eigenvalue weighted by molar-refractivity contribution is -0.140. The van der Waals surface area contributed by atoms with Crippen molar-refractivity contribution >= 4 is 29.5 Å². The summed E-state index contributed by atoms with van der Waals surface area (Å²) >= 11 is 0. The minimum atomic E-state index is -1.03. The lowest BCUT2D eigenvalue weighted by atomic mass is 9.94. The van der Waals surface area contributed by atoms with Gasteiger partial charge in [0.15, 0.2) is 0 Å². The average molecular weight is 362 g/mol. The number of carbonyl (C=O) groups excluding carboxylic acids is 4. The average Bonchev–Trinajstić information content (AvgIpc) is 2.69.